The van der Waals surface area contributed by atoms with Crippen molar-refractivity contribution in [2.24, 2.45) is 0 Å². The van der Waals surface area contributed by atoms with Gasteiger partial charge in [-0.15, -0.1) is 11.8 Å². The smallest absolute Gasteiger partial charge is 0.270 e. The van der Waals surface area contributed by atoms with Crippen LogP contribution in [0.5, 0.6) is 0 Å². The Hall–Kier alpha value is -3.20. The number of non-ortho nitro benzene ring substituents is 1. The Morgan fingerprint density at radius 2 is 2.04 bits per heavy atom. The average Bonchev–Trinajstić information content (AvgIpc) is 3.12. The quantitative estimate of drug-likeness (QED) is 0.359. The van der Waals surface area contributed by atoms with Crippen LogP contribution >= 0.6 is 11.8 Å². The second-order valence-corrected chi connectivity index (χ2v) is 6.69. The number of H-pyrrole nitrogens is 1. The maximum absolute atomic E-state index is 13.5. The molecule has 0 aliphatic carbocycles. The van der Waals surface area contributed by atoms with Crippen molar-refractivity contribution >= 4 is 29.2 Å². The zero-order chi connectivity index (χ0) is 19.2. The fraction of sp³-hybridized carbons (Fsp3) is 0.111. The molecule has 0 radical (unpaired) electrons. The lowest BCUT2D eigenvalue weighted by atomic mass is 10.1. The molecule has 1 amide bonds. The molecule has 0 fully saturated rings. The Bertz CT molecular complexity index is 977. The lowest BCUT2D eigenvalue weighted by Gasteiger charge is -2.03. The number of nitro groups is 1. The molecule has 138 valence electrons. The molecule has 0 aliphatic heterocycles. The van der Waals surface area contributed by atoms with Crippen LogP contribution in [0.3, 0.4) is 0 Å². The first-order valence-corrected chi connectivity index (χ1v) is 8.99. The van der Waals surface area contributed by atoms with Crippen LogP contribution in [0, 0.1) is 15.9 Å². The van der Waals surface area contributed by atoms with Gasteiger partial charge in [-0.1, -0.05) is 24.3 Å². The molecule has 2 N–H and O–H groups in total. The summed E-state index contributed by atoms with van der Waals surface area (Å²) in [6.07, 6.45) is 0.192. The Kier molecular flexibility index (Phi) is 5.82. The van der Waals surface area contributed by atoms with E-state index in [9.17, 15) is 19.3 Å². The molecule has 2 aromatic carbocycles. The Labute approximate surface area is 158 Å². The summed E-state index contributed by atoms with van der Waals surface area (Å²) in [7, 11) is 0. The number of thioether (sulfide) groups is 1. The first-order chi connectivity index (χ1) is 13.0. The number of amides is 1. The van der Waals surface area contributed by atoms with Gasteiger partial charge in [-0.25, -0.2) is 4.39 Å². The van der Waals surface area contributed by atoms with Crippen LogP contribution in [-0.4, -0.2) is 26.8 Å². The molecular formula is C18H15FN4O3S. The van der Waals surface area contributed by atoms with Gasteiger partial charge in [0, 0.05) is 40.8 Å². The molecule has 0 spiro atoms. The topological polar surface area (TPSA) is 101 Å². The highest BCUT2D eigenvalue weighted by atomic mass is 32.2. The summed E-state index contributed by atoms with van der Waals surface area (Å²) in [6.45, 7) is 0. The van der Waals surface area contributed by atoms with E-state index in [4.69, 9.17) is 0 Å². The molecule has 0 bridgehead atoms. The number of rotatable bonds is 7. The van der Waals surface area contributed by atoms with E-state index in [1.807, 2.05) is 0 Å². The molecule has 1 heterocycles. The maximum atomic E-state index is 13.5. The minimum absolute atomic E-state index is 0.0298. The van der Waals surface area contributed by atoms with Gasteiger partial charge in [0.15, 0.2) is 5.82 Å². The molecule has 1 aromatic heterocycles. The van der Waals surface area contributed by atoms with Crippen LogP contribution in [0.4, 0.5) is 15.9 Å². The minimum atomic E-state index is -0.476. The molecule has 0 saturated heterocycles. The summed E-state index contributed by atoms with van der Waals surface area (Å²) in [6, 6.07) is 14.1. The number of halogens is 1. The van der Waals surface area contributed by atoms with Crippen molar-refractivity contribution in [3.05, 3.63) is 70.5 Å². The van der Waals surface area contributed by atoms with Crippen LogP contribution in [-0.2, 0) is 4.79 Å². The Balaban J connectivity index is 1.56. The largest absolute Gasteiger partial charge is 0.309 e. The van der Waals surface area contributed by atoms with Gasteiger partial charge in [0.2, 0.25) is 5.91 Å². The number of carbonyl (C=O) groups is 1. The predicted molar refractivity (Wildman–Crippen MR) is 101 cm³/mol. The number of nitrogens with one attached hydrogen (secondary N) is 2. The number of aromatic amines is 1. The van der Waals surface area contributed by atoms with Crippen LogP contribution in [0.15, 0.2) is 59.5 Å². The van der Waals surface area contributed by atoms with Crippen molar-refractivity contribution in [1.82, 2.24) is 10.2 Å². The number of nitrogens with zero attached hydrogens (tertiary/aromatic N) is 2. The molecule has 0 aliphatic rings. The number of benzene rings is 2. The summed E-state index contributed by atoms with van der Waals surface area (Å²) in [5, 5.41) is 20.2. The van der Waals surface area contributed by atoms with Gasteiger partial charge < -0.3 is 5.32 Å². The van der Waals surface area contributed by atoms with Crippen molar-refractivity contribution < 1.29 is 14.1 Å². The van der Waals surface area contributed by atoms with E-state index in [1.54, 1.807) is 36.4 Å². The van der Waals surface area contributed by atoms with Crippen LogP contribution in [0.25, 0.3) is 11.3 Å². The zero-order valence-electron chi connectivity index (χ0n) is 14.0. The maximum Gasteiger partial charge on any atom is 0.270 e. The summed E-state index contributed by atoms with van der Waals surface area (Å²) in [4.78, 5) is 22.9. The van der Waals surface area contributed by atoms with Crippen molar-refractivity contribution in [2.75, 3.05) is 11.1 Å². The number of anilines is 1. The molecular weight excluding hydrogens is 371 g/mol. The molecule has 0 atom stereocenters. The second-order valence-electron chi connectivity index (χ2n) is 5.55. The van der Waals surface area contributed by atoms with Gasteiger partial charge in [0.25, 0.3) is 5.69 Å². The summed E-state index contributed by atoms with van der Waals surface area (Å²) < 4.78 is 13.5. The van der Waals surface area contributed by atoms with E-state index in [0.717, 1.165) is 0 Å². The van der Waals surface area contributed by atoms with Gasteiger partial charge >= 0.3 is 0 Å². The first-order valence-electron chi connectivity index (χ1n) is 8.00. The fourth-order valence-electron chi connectivity index (χ4n) is 2.34. The zero-order valence-corrected chi connectivity index (χ0v) is 14.8. The fourth-order valence-corrected chi connectivity index (χ4v) is 3.23. The van der Waals surface area contributed by atoms with E-state index in [-0.39, 0.29) is 23.8 Å². The highest BCUT2D eigenvalue weighted by Crippen LogP contribution is 2.24. The lowest BCUT2D eigenvalue weighted by molar-refractivity contribution is -0.384. The van der Waals surface area contributed by atoms with Crippen LogP contribution in [0.1, 0.15) is 6.42 Å². The average molecular weight is 386 g/mol. The van der Waals surface area contributed by atoms with Crippen molar-refractivity contribution in [3.8, 4) is 11.3 Å². The molecule has 0 unspecified atom stereocenters. The number of nitro benzene ring substituents is 1. The van der Waals surface area contributed by atoms with Crippen molar-refractivity contribution in [1.29, 1.82) is 0 Å². The lowest BCUT2D eigenvalue weighted by Crippen LogP contribution is -2.12. The van der Waals surface area contributed by atoms with E-state index in [2.05, 4.69) is 15.5 Å². The van der Waals surface area contributed by atoms with Gasteiger partial charge in [-0.3, -0.25) is 20.0 Å². The third-order valence-electron chi connectivity index (χ3n) is 3.64. The number of carbonyl (C=O) groups excluding carboxylic acids is 1. The van der Waals surface area contributed by atoms with Crippen LogP contribution < -0.4 is 5.32 Å². The monoisotopic (exact) mass is 386 g/mol. The molecule has 0 saturated carbocycles. The summed E-state index contributed by atoms with van der Waals surface area (Å²) in [5.41, 5.74) is 1.11. The number of aromatic nitrogens is 2. The molecule has 27 heavy (non-hydrogen) atoms. The van der Waals surface area contributed by atoms with E-state index in [1.165, 1.54) is 30.0 Å². The third kappa shape index (κ3) is 4.91. The SMILES string of the molecule is O=C(CCSc1ccccc1F)Nc1cc(-c2cccc([N+](=O)[O-])c2)[nH]n1. The molecule has 7 nitrogen and oxygen atoms in total. The Morgan fingerprint density at radius 3 is 2.81 bits per heavy atom. The van der Waals surface area contributed by atoms with Crippen molar-refractivity contribution in [3.63, 3.8) is 0 Å². The molecule has 3 rings (SSSR count). The van der Waals surface area contributed by atoms with Gasteiger partial charge in [0.1, 0.15) is 5.82 Å². The van der Waals surface area contributed by atoms with E-state index in [0.29, 0.717) is 27.7 Å². The van der Waals surface area contributed by atoms with Gasteiger partial charge in [-0.2, -0.15) is 5.10 Å². The first kappa shape index (κ1) is 18.6. The van der Waals surface area contributed by atoms with Gasteiger partial charge in [0.05, 0.1) is 10.6 Å². The minimum Gasteiger partial charge on any atom is -0.309 e. The highest BCUT2D eigenvalue weighted by molar-refractivity contribution is 7.99. The Morgan fingerprint density at radius 1 is 1.22 bits per heavy atom. The van der Waals surface area contributed by atoms with E-state index < -0.39 is 4.92 Å². The standard InChI is InChI=1S/C18H15FN4O3S/c19-14-6-1-2-7-16(14)27-9-8-18(24)20-17-11-15(21-22-17)12-4-3-5-13(10-12)23(25)26/h1-7,10-11H,8-9H2,(H2,20,21,22,24). The second kappa shape index (κ2) is 8.45. The number of hydrogen-bond donors (Lipinski definition) is 2. The predicted octanol–water partition coefficient (Wildman–Crippen LogP) is 4.24. The summed E-state index contributed by atoms with van der Waals surface area (Å²) >= 11 is 1.26. The summed E-state index contributed by atoms with van der Waals surface area (Å²) in [5.74, 6) is 0.180. The number of hydrogen-bond acceptors (Lipinski definition) is 5. The van der Waals surface area contributed by atoms with Crippen molar-refractivity contribution in [2.45, 2.75) is 11.3 Å². The normalized spacial score (nSPS) is 10.6. The third-order valence-corrected chi connectivity index (χ3v) is 4.69. The molecule has 9 heteroatoms. The van der Waals surface area contributed by atoms with Crippen LogP contribution in [0.2, 0.25) is 0 Å². The van der Waals surface area contributed by atoms with E-state index >= 15 is 0 Å². The molecule has 3 aromatic rings. The van der Waals surface area contributed by atoms with Gasteiger partial charge in [-0.05, 0) is 12.1 Å². The highest BCUT2D eigenvalue weighted by Gasteiger charge is 2.11.